The second-order valence-electron chi connectivity index (χ2n) is 5.86. The quantitative estimate of drug-likeness (QED) is 0.576. The molecule has 3 N–H and O–H groups in total. The van der Waals surface area contributed by atoms with Gasteiger partial charge in [0.25, 0.3) is 11.1 Å². The molecule has 0 bridgehead atoms. The van der Waals surface area contributed by atoms with E-state index >= 15 is 0 Å². The molecular formula is C17H13F3N4O3S. The standard InChI is InChI=1S/C17H13F3N4O3S/c18-17(19,20)9-7-12(14(26)21-8-9)22-13(25)5-6-24-15(27)10-3-1-2-4-11(10)23-16(24)28/h1-4,7-8H,5-6H2,(H,21,26)(H,22,25)(H,23,28). The van der Waals surface area contributed by atoms with Gasteiger partial charge in [0.15, 0.2) is 4.77 Å². The van der Waals surface area contributed by atoms with Crippen LogP contribution in [0.3, 0.4) is 0 Å². The molecule has 0 saturated carbocycles. The molecule has 0 fully saturated rings. The van der Waals surface area contributed by atoms with Crippen LogP contribution in [0.2, 0.25) is 0 Å². The maximum Gasteiger partial charge on any atom is 0.417 e. The highest BCUT2D eigenvalue weighted by molar-refractivity contribution is 7.71. The number of aromatic nitrogens is 3. The van der Waals surface area contributed by atoms with Gasteiger partial charge in [0, 0.05) is 19.2 Å². The summed E-state index contributed by atoms with van der Waals surface area (Å²) in [6.07, 6.45) is -4.42. The minimum Gasteiger partial charge on any atom is -0.332 e. The first kappa shape index (κ1) is 19.5. The van der Waals surface area contributed by atoms with Crippen LogP contribution in [-0.2, 0) is 17.5 Å². The zero-order valence-electron chi connectivity index (χ0n) is 14.1. The van der Waals surface area contributed by atoms with Crippen molar-refractivity contribution >= 4 is 34.7 Å². The lowest BCUT2D eigenvalue weighted by Crippen LogP contribution is -2.26. The van der Waals surface area contributed by atoms with Crippen molar-refractivity contribution in [3.63, 3.8) is 0 Å². The van der Waals surface area contributed by atoms with Gasteiger partial charge in [-0.15, -0.1) is 0 Å². The van der Waals surface area contributed by atoms with E-state index in [1.165, 1.54) is 4.57 Å². The molecule has 0 atom stereocenters. The Morgan fingerprint density at radius 2 is 1.93 bits per heavy atom. The van der Waals surface area contributed by atoms with Crippen LogP contribution in [0.15, 0.2) is 46.1 Å². The Morgan fingerprint density at radius 3 is 2.64 bits per heavy atom. The molecule has 0 aliphatic heterocycles. The third kappa shape index (κ3) is 4.03. The number of para-hydroxylation sites is 1. The lowest BCUT2D eigenvalue weighted by Gasteiger charge is -2.10. The van der Waals surface area contributed by atoms with Crippen LogP contribution < -0.4 is 16.4 Å². The summed E-state index contributed by atoms with van der Waals surface area (Å²) in [5, 5.41) is 2.51. The largest absolute Gasteiger partial charge is 0.417 e. The first-order chi connectivity index (χ1) is 13.2. The molecule has 1 amide bonds. The van der Waals surface area contributed by atoms with Gasteiger partial charge in [-0.05, 0) is 30.4 Å². The third-order valence-corrected chi connectivity index (χ3v) is 4.28. The molecule has 0 saturated heterocycles. The van der Waals surface area contributed by atoms with Gasteiger partial charge in [0.05, 0.1) is 16.5 Å². The number of amides is 1. The van der Waals surface area contributed by atoms with Gasteiger partial charge in [-0.1, -0.05) is 12.1 Å². The molecule has 3 aromatic rings. The summed E-state index contributed by atoms with van der Waals surface area (Å²) in [7, 11) is 0. The molecule has 0 radical (unpaired) electrons. The maximum absolute atomic E-state index is 12.7. The SMILES string of the molecule is O=C(CCn1c(=S)[nH]c2ccccc2c1=O)Nc1cc(C(F)(F)F)c[nH]c1=O. The highest BCUT2D eigenvalue weighted by Crippen LogP contribution is 2.29. The van der Waals surface area contributed by atoms with Crippen LogP contribution in [0.5, 0.6) is 0 Å². The zero-order valence-corrected chi connectivity index (χ0v) is 14.9. The van der Waals surface area contributed by atoms with Gasteiger partial charge in [0.1, 0.15) is 5.69 Å². The van der Waals surface area contributed by atoms with Gasteiger partial charge >= 0.3 is 6.18 Å². The number of rotatable bonds is 4. The van der Waals surface area contributed by atoms with Crippen LogP contribution in [0.4, 0.5) is 18.9 Å². The Balaban J connectivity index is 1.79. The van der Waals surface area contributed by atoms with E-state index < -0.39 is 34.5 Å². The second kappa shape index (κ2) is 7.43. The number of hydrogen-bond donors (Lipinski definition) is 3. The smallest absolute Gasteiger partial charge is 0.332 e. The number of anilines is 1. The van der Waals surface area contributed by atoms with Crippen LogP contribution in [0.25, 0.3) is 10.9 Å². The monoisotopic (exact) mass is 410 g/mol. The molecule has 146 valence electrons. The molecule has 2 heterocycles. The Hall–Kier alpha value is -3.21. The molecule has 28 heavy (non-hydrogen) atoms. The van der Waals surface area contributed by atoms with Crippen molar-refractivity contribution in [1.29, 1.82) is 0 Å². The molecule has 0 aliphatic carbocycles. The fourth-order valence-corrected chi connectivity index (χ4v) is 2.85. The Morgan fingerprint density at radius 1 is 1.21 bits per heavy atom. The summed E-state index contributed by atoms with van der Waals surface area (Å²) in [5.74, 6) is -0.737. The molecule has 2 aromatic heterocycles. The number of carbonyl (C=O) groups excluding carboxylic acids is 1. The van der Waals surface area contributed by atoms with Crippen LogP contribution in [0.1, 0.15) is 12.0 Å². The molecule has 0 spiro atoms. The minimum absolute atomic E-state index is 0.105. The highest BCUT2D eigenvalue weighted by atomic mass is 32.1. The average Bonchev–Trinajstić information content (AvgIpc) is 2.62. The minimum atomic E-state index is -4.67. The van der Waals surface area contributed by atoms with Crippen molar-refractivity contribution in [3.8, 4) is 0 Å². The molecule has 1 aromatic carbocycles. The van der Waals surface area contributed by atoms with Crippen LogP contribution in [0, 0.1) is 4.77 Å². The molecule has 3 rings (SSSR count). The lowest BCUT2D eigenvalue weighted by molar-refractivity contribution is -0.137. The number of nitrogens with one attached hydrogen (secondary N) is 3. The van der Waals surface area contributed by atoms with Gasteiger partial charge in [-0.3, -0.25) is 19.0 Å². The molecular weight excluding hydrogens is 397 g/mol. The van der Waals surface area contributed by atoms with E-state index in [4.69, 9.17) is 12.2 Å². The Kier molecular flexibility index (Phi) is 5.18. The summed E-state index contributed by atoms with van der Waals surface area (Å²) < 4.78 is 39.5. The van der Waals surface area contributed by atoms with Crippen LogP contribution >= 0.6 is 12.2 Å². The number of nitrogens with zero attached hydrogens (tertiary/aromatic N) is 1. The van der Waals surface area contributed by atoms with Crippen molar-refractivity contribution in [2.45, 2.75) is 19.1 Å². The normalized spacial score (nSPS) is 11.5. The van der Waals surface area contributed by atoms with Crippen LogP contribution in [-0.4, -0.2) is 20.4 Å². The van der Waals surface area contributed by atoms with Gasteiger partial charge in [0.2, 0.25) is 5.91 Å². The number of H-pyrrole nitrogens is 2. The van der Waals surface area contributed by atoms with Crippen molar-refractivity contribution in [3.05, 3.63) is 67.6 Å². The molecule has 7 nitrogen and oxygen atoms in total. The summed E-state index contributed by atoms with van der Waals surface area (Å²) in [6.45, 7) is -0.109. The van der Waals surface area contributed by atoms with Crippen molar-refractivity contribution in [2.75, 3.05) is 5.32 Å². The number of fused-ring (bicyclic) bond motifs is 1. The molecule has 0 aliphatic rings. The first-order valence-electron chi connectivity index (χ1n) is 7.98. The number of aromatic amines is 2. The zero-order chi connectivity index (χ0) is 20.5. The fraction of sp³-hybridized carbons (Fsp3) is 0.176. The first-order valence-corrected chi connectivity index (χ1v) is 8.39. The summed E-state index contributed by atoms with van der Waals surface area (Å²) in [5.41, 5.74) is -2.36. The number of hydrogen-bond acceptors (Lipinski definition) is 4. The fourth-order valence-electron chi connectivity index (χ4n) is 2.57. The van der Waals surface area contributed by atoms with Gasteiger partial charge < -0.3 is 15.3 Å². The van der Waals surface area contributed by atoms with E-state index in [1.807, 2.05) is 4.98 Å². The maximum atomic E-state index is 12.7. The van der Waals surface area contributed by atoms with E-state index in [0.29, 0.717) is 23.2 Å². The van der Waals surface area contributed by atoms with E-state index in [1.54, 1.807) is 24.3 Å². The topological polar surface area (TPSA) is 99.8 Å². The molecule has 11 heteroatoms. The predicted octanol–water partition coefficient (Wildman–Crippen LogP) is 2.79. The van der Waals surface area contributed by atoms with E-state index in [-0.39, 0.29) is 17.7 Å². The Labute approximate surface area is 159 Å². The predicted molar refractivity (Wildman–Crippen MR) is 98.7 cm³/mol. The average molecular weight is 410 g/mol. The lowest BCUT2D eigenvalue weighted by atomic mass is 10.2. The third-order valence-electron chi connectivity index (χ3n) is 3.96. The highest BCUT2D eigenvalue weighted by Gasteiger charge is 2.31. The van der Waals surface area contributed by atoms with E-state index in [2.05, 4.69) is 10.3 Å². The van der Waals surface area contributed by atoms with Crippen molar-refractivity contribution < 1.29 is 18.0 Å². The second-order valence-corrected chi connectivity index (χ2v) is 6.25. The van der Waals surface area contributed by atoms with E-state index in [0.717, 1.165) is 0 Å². The summed E-state index contributed by atoms with van der Waals surface area (Å²) >= 11 is 5.12. The van der Waals surface area contributed by atoms with Crippen molar-refractivity contribution in [2.24, 2.45) is 0 Å². The van der Waals surface area contributed by atoms with Gasteiger partial charge in [-0.2, -0.15) is 13.2 Å². The van der Waals surface area contributed by atoms with Crippen molar-refractivity contribution in [1.82, 2.24) is 14.5 Å². The number of alkyl halides is 3. The Bertz CT molecular complexity index is 1230. The van der Waals surface area contributed by atoms with Gasteiger partial charge in [-0.25, -0.2) is 0 Å². The number of halogens is 3. The number of pyridine rings is 1. The summed E-state index contributed by atoms with van der Waals surface area (Å²) in [6, 6.07) is 7.24. The summed E-state index contributed by atoms with van der Waals surface area (Å²) in [4.78, 5) is 41.0. The molecule has 0 unspecified atom stereocenters. The number of carbonyl (C=O) groups is 1. The van der Waals surface area contributed by atoms with E-state index in [9.17, 15) is 27.6 Å². The number of benzene rings is 1.